The molecule has 0 amide bonds. The average Bonchev–Trinajstić information content (AvgIpc) is 2.41. The molecule has 0 aliphatic heterocycles. The minimum Gasteiger partial charge on any atom is -0.494 e. The van der Waals surface area contributed by atoms with Crippen molar-refractivity contribution >= 4 is 0 Å². The largest absolute Gasteiger partial charge is 0.494 e. The van der Waals surface area contributed by atoms with Crippen LogP contribution in [0.4, 0.5) is 0 Å². The fourth-order valence-electron chi connectivity index (χ4n) is 2.03. The van der Waals surface area contributed by atoms with Crippen LogP contribution < -0.4 is 14.8 Å². The third kappa shape index (κ3) is 6.80. The molecule has 0 saturated carbocycles. The molecule has 0 saturated heterocycles. The van der Waals surface area contributed by atoms with E-state index in [0.29, 0.717) is 12.5 Å². The van der Waals surface area contributed by atoms with Gasteiger partial charge in [-0.15, -0.1) is 0 Å². The molecule has 114 valence electrons. The van der Waals surface area contributed by atoms with Gasteiger partial charge in [0, 0.05) is 6.54 Å². The van der Waals surface area contributed by atoms with E-state index in [9.17, 15) is 0 Å². The Hall–Kier alpha value is -1.22. The Balaban J connectivity index is 2.47. The third-order valence-electron chi connectivity index (χ3n) is 2.97. The van der Waals surface area contributed by atoms with Crippen molar-refractivity contribution in [2.75, 3.05) is 19.7 Å². The SMILES string of the molecule is CCCC(CNCC(C)C)Oc1ccc(OCC)cc1. The van der Waals surface area contributed by atoms with Crippen LogP contribution in [0.1, 0.15) is 40.5 Å². The topological polar surface area (TPSA) is 30.5 Å². The number of nitrogens with one attached hydrogen (secondary N) is 1. The molecule has 1 N–H and O–H groups in total. The van der Waals surface area contributed by atoms with Crippen molar-refractivity contribution < 1.29 is 9.47 Å². The van der Waals surface area contributed by atoms with Gasteiger partial charge in [-0.05, 0) is 50.1 Å². The maximum atomic E-state index is 6.05. The smallest absolute Gasteiger partial charge is 0.120 e. The first-order valence-corrected chi connectivity index (χ1v) is 7.75. The third-order valence-corrected chi connectivity index (χ3v) is 2.97. The molecule has 0 heterocycles. The number of benzene rings is 1. The highest BCUT2D eigenvalue weighted by Crippen LogP contribution is 2.19. The Labute approximate surface area is 123 Å². The van der Waals surface area contributed by atoms with E-state index in [2.05, 4.69) is 26.1 Å². The van der Waals surface area contributed by atoms with Gasteiger partial charge in [0.1, 0.15) is 17.6 Å². The molecule has 0 spiro atoms. The van der Waals surface area contributed by atoms with Crippen molar-refractivity contribution in [2.24, 2.45) is 5.92 Å². The van der Waals surface area contributed by atoms with Gasteiger partial charge in [0.15, 0.2) is 0 Å². The van der Waals surface area contributed by atoms with Crippen molar-refractivity contribution in [3.05, 3.63) is 24.3 Å². The lowest BCUT2D eigenvalue weighted by Gasteiger charge is -2.20. The van der Waals surface area contributed by atoms with Crippen LogP contribution in [0.2, 0.25) is 0 Å². The van der Waals surface area contributed by atoms with E-state index in [1.54, 1.807) is 0 Å². The molecule has 1 atom stereocenters. The van der Waals surface area contributed by atoms with Crippen LogP contribution in [0.25, 0.3) is 0 Å². The summed E-state index contributed by atoms with van der Waals surface area (Å²) in [6.07, 6.45) is 2.43. The standard InChI is InChI=1S/C17H29NO2/c1-5-7-17(13-18-12-14(3)4)20-16-10-8-15(9-11-16)19-6-2/h8-11,14,17-18H,5-7,12-13H2,1-4H3. The first-order chi connectivity index (χ1) is 9.65. The molecule has 1 unspecified atom stereocenters. The summed E-state index contributed by atoms with van der Waals surface area (Å²) in [7, 11) is 0. The summed E-state index contributed by atoms with van der Waals surface area (Å²) in [5, 5.41) is 3.47. The van der Waals surface area contributed by atoms with Crippen LogP contribution in [0, 0.1) is 5.92 Å². The average molecular weight is 279 g/mol. The van der Waals surface area contributed by atoms with Gasteiger partial charge < -0.3 is 14.8 Å². The summed E-state index contributed by atoms with van der Waals surface area (Å²) >= 11 is 0. The highest BCUT2D eigenvalue weighted by Gasteiger charge is 2.09. The minimum absolute atomic E-state index is 0.233. The lowest BCUT2D eigenvalue weighted by atomic mass is 10.2. The number of hydrogen-bond donors (Lipinski definition) is 1. The quantitative estimate of drug-likeness (QED) is 0.705. The Morgan fingerprint density at radius 1 is 1.00 bits per heavy atom. The summed E-state index contributed by atoms with van der Waals surface area (Å²) < 4.78 is 11.5. The molecule has 1 aromatic carbocycles. The molecule has 1 rings (SSSR count). The van der Waals surface area contributed by atoms with Crippen molar-refractivity contribution in [3.8, 4) is 11.5 Å². The van der Waals surface area contributed by atoms with Gasteiger partial charge in [-0.1, -0.05) is 27.2 Å². The van der Waals surface area contributed by atoms with E-state index in [0.717, 1.165) is 37.4 Å². The summed E-state index contributed by atoms with van der Waals surface area (Å²) in [5.41, 5.74) is 0. The first-order valence-electron chi connectivity index (χ1n) is 7.75. The molecule has 3 heteroatoms. The molecule has 0 aliphatic carbocycles. The van der Waals surface area contributed by atoms with Crippen molar-refractivity contribution in [3.63, 3.8) is 0 Å². The van der Waals surface area contributed by atoms with Gasteiger partial charge in [0.25, 0.3) is 0 Å². The van der Waals surface area contributed by atoms with Crippen LogP contribution in [0.3, 0.4) is 0 Å². The number of hydrogen-bond acceptors (Lipinski definition) is 3. The Kier molecular flexibility index (Phi) is 8.12. The van der Waals surface area contributed by atoms with Crippen LogP contribution in [-0.4, -0.2) is 25.8 Å². The Morgan fingerprint density at radius 3 is 2.20 bits per heavy atom. The second kappa shape index (κ2) is 9.65. The van der Waals surface area contributed by atoms with E-state index in [1.165, 1.54) is 0 Å². The molecule has 3 nitrogen and oxygen atoms in total. The van der Waals surface area contributed by atoms with Gasteiger partial charge in [0.2, 0.25) is 0 Å². The first kappa shape index (κ1) is 16.8. The van der Waals surface area contributed by atoms with Crippen LogP contribution >= 0.6 is 0 Å². The van der Waals surface area contributed by atoms with Gasteiger partial charge in [-0.2, -0.15) is 0 Å². The summed E-state index contributed by atoms with van der Waals surface area (Å²) in [4.78, 5) is 0. The second-order valence-electron chi connectivity index (χ2n) is 5.49. The fourth-order valence-corrected chi connectivity index (χ4v) is 2.03. The zero-order chi connectivity index (χ0) is 14.8. The maximum Gasteiger partial charge on any atom is 0.120 e. The van der Waals surface area contributed by atoms with Crippen LogP contribution in [0.15, 0.2) is 24.3 Å². The van der Waals surface area contributed by atoms with E-state index in [-0.39, 0.29) is 6.10 Å². The second-order valence-corrected chi connectivity index (χ2v) is 5.49. The van der Waals surface area contributed by atoms with Gasteiger partial charge in [0.05, 0.1) is 6.61 Å². The van der Waals surface area contributed by atoms with Crippen molar-refractivity contribution in [1.29, 1.82) is 0 Å². The predicted octanol–water partition coefficient (Wildman–Crippen LogP) is 3.88. The van der Waals surface area contributed by atoms with Crippen LogP contribution in [-0.2, 0) is 0 Å². The molecule has 0 radical (unpaired) electrons. The predicted molar refractivity (Wildman–Crippen MR) is 84.6 cm³/mol. The number of rotatable bonds is 10. The summed E-state index contributed by atoms with van der Waals surface area (Å²) in [6, 6.07) is 7.89. The Bertz CT molecular complexity index is 349. The summed E-state index contributed by atoms with van der Waals surface area (Å²) in [6.45, 7) is 11.2. The van der Waals surface area contributed by atoms with Gasteiger partial charge in [-0.25, -0.2) is 0 Å². The molecule has 0 aromatic heterocycles. The molecular formula is C17H29NO2. The van der Waals surface area contributed by atoms with Crippen molar-refractivity contribution in [1.82, 2.24) is 5.32 Å². The van der Waals surface area contributed by atoms with Gasteiger partial charge >= 0.3 is 0 Å². The zero-order valence-electron chi connectivity index (χ0n) is 13.3. The van der Waals surface area contributed by atoms with E-state index in [4.69, 9.17) is 9.47 Å². The van der Waals surface area contributed by atoms with E-state index >= 15 is 0 Å². The van der Waals surface area contributed by atoms with Crippen molar-refractivity contribution in [2.45, 2.75) is 46.6 Å². The molecule has 20 heavy (non-hydrogen) atoms. The zero-order valence-corrected chi connectivity index (χ0v) is 13.3. The maximum absolute atomic E-state index is 6.05. The highest BCUT2D eigenvalue weighted by atomic mass is 16.5. The normalized spacial score (nSPS) is 12.4. The summed E-state index contributed by atoms with van der Waals surface area (Å²) in [5.74, 6) is 2.48. The monoisotopic (exact) mass is 279 g/mol. The number of ether oxygens (including phenoxy) is 2. The minimum atomic E-state index is 0.233. The highest BCUT2D eigenvalue weighted by molar-refractivity contribution is 5.31. The molecule has 0 fully saturated rings. The molecule has 0 aliphatic rings. The fraction of sp³-hybridized carbons (Fsp3) is 0.647. The molecule has 1 aromatic rings. The van der Waals surface area contributed by atoms with Gasteiger partial charge in [-0.3, -0.25) is 0 Å². The lowest BCUT2D eigenvalue weighted by molar-refractivity contribution is 0.185. The Morgan fingerprint density at radius 2 is 1.65 bits per heavy atom. The molecule has 0 bridgehead atoms. The lowest BCUT2D eigenvalue weighted by Crippen LogP contribution is -2.33. The van der Waals surface area contributed by atoms with Crippen LogP contribution in [0.5, 0.6) is 11.5 Å². The van der Waals surface area contributed by atoms with E-state index < -0.39 is 0 Å². The van der Waals surface area contributed by atoms with E-state index in [1.807, 2.05) is 31.2 Å². The molecular weight excluding hydrogens is 250 g/mol.